The monoisotopic (exact) mass is 495 g/mol. The van der Waals surface area contributed by atoms with Crippen molar-refractivity contribution in [2.24, 2.45) is 0 Å². The summed E-state index contributed by atoms with van der Waals surface area (Å²) >= 11 is 18.6. The number of carbonyl (C=O) groups excluding carboxylic acids is 1. The lowest BCUT2D eigenvalue weighted by Crippen LogP contribution is -2.36. The first-order valence-electron chi connectivity index (χ1n) is 9.19. The molecule has 31 heavy (non-hydrogen) atoms. The summed E-state index contributed by atoms with van der Waals surface area (Å²) in [4.78, 5) is 27.8. The maximum atomic E-state index is 13.1. The van der Waals surface area contributed by atoms with Crippen LogP contribution in [0.3, 0.4) is 0 Å². The van der Waals surface area contributed by atoms with E-state index in [2.05, 4.69) is 4.90 Å². The molecule has 2 fully saturated rings. The smallest absolute Gasteiger partial charge is 0.270 e. The van der Waals surface area contributed by atoms with Crippen molar-refractivity contribution >= 4 is 80.5 Å². The number of nitro benzene ring substituents is 1. The maximum absolute atomic E-state index is 13.1. The van der Waals surface area contributed by atoms with E-state index in [4.69, 9.17) is 40.2 Å². The van der Waals surface area contributed by atoms with Crippen molar-refractivity contribution in [2.75, 3.05) is 36.1 Å². The van der Waals surface area contributed by atoms with Crippen LogP contribution in [0.25, 0.3) is 6.08 Å². The van der Waals surface area contributed by atoms with Gasteiger partial charge in [0, 0.05) is 36.5 Å². The molecule has 0 bridgehead atoms. The van der Waals surface area contributed by atoms with E-state index in [1.807, 2.05) is 0 Å². The first-order chi connectivity index (χ1) is 14.8. The molecule has 0 atom stereocenters. The highest BCUT2D eigenvalue weighted by Crippen LogP contribution is 2.39. The minimum Gasteiger partial charge on any atom is -0.378 e. The Morgan fingerprint density at radius 3 is 2.55 bits per heavy atom. The number of nitro groups is 1. The highest BCUT2D eigenvalue weighted by atomic mass is 35.5. The molecule has 2 aliphatic heterocycles. The van der Waals surface area contributed by atoms with Crippen molar-refractivity contribution in [3.63, 3.8) is 0 Å². The summed E-state index contributed by atoms with van der Waals surface area (Å²) in [6, 6.07) is 9.46. The average Bonchev–Trinajstić information content (AvgIpc) is 3.03. The van der Waals surface area contributed by atoms with E-state index in [1.165, 1.54) is 17.0 Å². The van der Waals surface area contributed by atoms with Crippen LogP contribution < -0.4 is 9.80 Å². The SMILES string of the molecule is O=C1/C(=C\c2cc([N+](=O)[O-])ccc2N2CCOCC2)SC(=S)N1c1ccc(Cl)c(Cl)c1. The predicted molar refractivity (Wildman–Crippen MR) is 128 cm³/mol. The molecule has 0 N–H and O–H groups in total. The number of ether oxygens (including phenoxy) is 1. The molecule has 160 valence electrons. The quantitative estimate of drug-likeness (QED) is 0.251. The molecule has 2 aromatic carbocycles. The summed E-state index contributed by atoms with van der Waals surface area (Å²) < 4.78 is 5.74. The number of rotatable bonds is 4. The Hall–Kier alpha value is -2.17. The first-order valence-corrected chi connectivity index (χ1v) is 11.2. The lowest BCUT2D eigenvalue weighted by molar-refractivity contribution is -0.384. The summed E-state index contributed by atoms with van der Waals surface area (Å²) in [5.74, 6) is -0.326. The van der Waals surface area contributed by atoms with E-state index >= 15 is 0 Å². The zero-order valence-electron chi connectivity index (χ0n) is 15.9. The van der Waals surface area contributed by atoms with Crippen LogP contribution in [0.15, 0.2) is 41.3 Å². The van der Waals surface area contributed by atoms with Gasteiger partial charge in [0.05, 0.1) is 38.8 Å². The molecule has 0 unspecified atom stereocenters. The molecular weight excluding hydrogens is 481 g/mol. The molecule has 0 saturated carbocycles. The van der Waals surface area contributed by atoms with E-state index in [-0.39, 0.29) is 11.6 Å². The van der Waals surface area contributed by atoms with Crippen LogP contribution in [0.4, 0.5) is 17.1 Å². The number of halogens is 2. The molecule has 0 spiro atoms. The maximum Gasteiger partial charge on any atom is 0.270 e. The molecule has 2 heterocycles. The van der Waals surface area contributed by atoms with E-state index in [0.29, 0.717) is 56.8 Å². The zero-order chi connectivity index (χ0) is 22.1. The lowest BCUT2D eigenvalue weighted by atomic mass is 10.1. The van der Waals surface area contributed by atoms with Gasteiger partial charge >= 0.3 is 0 Å². The number of thioether (sulfide) groups is 1. The van der Waals surface area contributed by atoms with Gasteiger partial charge in [-0.1, -0.05) is 47.2 Å². The largest absolute Gasteiger partial charge is 0.378 e. The van der Waals surface area contributed by atoms with Gasteiger partial charge in [0.25, 0.3) is 11.6 Å². The van der Waals surface area contributed by atoms with Gasteiger partial charge in [-0.05, 0) is 30.3 Å². The molecule has 2 aliphatic rings. The Morgan fingerprint density at radius 2 is 1.87 bits per heavy atom. The van der Waals surface area contributed by atoms with Crippen molar-refractivity contribution in [2.45, 2.75) is 0 Å². The fourth-order valence-electron chi connectivity index (χ4n) is 3.32. The van der Waals surface area contributed by atoms with E-state index in [0.717, 1.165) is 17.4 Å². The molecule has 4 rings (SSSR count). The normalized spacial score (nSPS) is 18.2. The first kappa shape index (κ1) is 22.0. The molecular formula is C20H15Cl2N3O4S2. The summed E-state index contributed by atoms with van der Waals surface area (Å²) in [6.07, 6.45) is 1.65. The second-order valence-electron chi connectivity index (χ2n) is 6.72. The van der Waals surface area contributed by atoms with Gasteiger partial charge in [0.15, 0.2) is 4.32 Å². The topological polar surface area (TPSA) is 75.9 Å². The Morgan fingerprint density at radius 1 is 1.13 bits per heavy atom. The van der Waals surface area contributed by atoms with Crippen molar-refractivity contribution in [1.82, 2.24) is 0 Å². The van der Waals surface area contributed by atoms with Gasteiger partial charge in [-0.3, -0.25) is 19.8 Å². The standard InChI is InChI=1S/C20H15Cl2N3O4S2/c21-15-3-1-13(11-16(15)22)24-19(26)18(31-20(24)30)10-12-9-14(25(27)28)2-4-17(12)23-5-7-29-8-6-23/h1-4,9-11H,5-8H2/b18-10+. The van der Waals surface area contributed by atoms with Gasteiger partial charge in [-0.15, -0.1) is 0 Å². The minimum absolute atomic E-state index is 0.0526. The van der Waals surface area contributed by atoms with Crippen LogP contribution in [0.1, 0.15) is 5.56 Å². The molecule has 1 amide bonds. The van der Waals surface area contributed by atoms with Crippen LogP contribution in [0.2, 0.25) is 10.0 Å². The van der Waals surface area contributed by atoms with Gasteiger partial charge < -0.3 is 9.64 Å². The second-order valence-corrected chi connectivity index (χ2v) is 9.21. The summed E-state index contributed by atoms with van der Waals surface area (Å²) in [7, 11) is 0. The van der Waals surface area contributed by atoms with E-state index in [9.17, 15) is 14.9 Å². The second kappa shape index (κ2) is 9.13. The molecule has 11 heteroatoms. The number of hydrogen-bond donors (Lipinski definition) is 0. The summed E-state index contributed by atoms with van der Waals surface area (Å²) in [5.41, 5.74) is 1.83. The van der Waals surface area contributed by atoms with E-state index < -0.39 is 4.92 Å². The number of nitrogens with zero attached hydrogens (tertiary/aromatic N) is 3. The molecule has 2 aromatic rings. The fourth-order valence-corrected chi connectivity index (χ4v) is 4.90. The third kappa shape index (κ3) is 4.56. The average molecular weight is 496 g/mol. The fraction of sp³-hybridized carbons (Fsp3) is 0.200. The lowest BCUT2D eigenvalue weighted by Gasteiger charge is -2.30. The zero-order valence-corrected chi connectivity index (χ0v) is 19.1. The third-order valence-electron chi connectivity index (χ3n) is 4.82. The van der Waals surface area contributed by atoms with Gasteiger partial charge in [0.2, 0.25) is 0 Å². The van der Waals surface area contributed by atoms with E-state index in [1.54, 1.807) is 30.3 Å². The number of carbonyl (C=O) groups is 1. The van der Waals surface area contributed by atoms with Gasteiger partial charge in [0.1, 0.15) is 0 Å². The van der Waals surface area contributed by atoms with Crippen LogP contribution >= 0.6 is 47.2 Å². The Balaban J connectivity index is 1.72. The number of non-ortho nitro benzene ring substituents is 1. The van der Waals surface area contributed by atoms with Gasteiger partial charge in [-0.25, -0.2) is 0 Å². The van der Waals surface area contributed by atoms with Crippen molar-refractivity contribution in [3.05, 3.63) is 67.0 Å². The molecule has 0 aliphatic carbocycles. The third-order valence-corrected chi connectivity index (χ3v) is 6.86. The Kier molecular flexibility index (Phi) is 6.49. The number of anilines is 2. The van der Waals surface area contributed by atoms with Crippen molar-refractivity contribution in [3.8, 4) is 0 Å². The van der Waals surface area contributed by atoms with Crippen LogP contribution in [0, 0.1) is 10.1 Å². The summed E-state index contributed by atoms with van der Waals surface area (Å²) in [6.45, 7) is 2.44. The number of morpholine rings is 1. The van der Waals surface area contributed by atoms with Crippen molar-refractivity contribution < 1.29 is 14.5 Å². The molecule has 2 saturated heterocycles. The Bertz CT molecular complexity index is 1120. The molecule has 0 radical (unpaired) electrons. The summed E-state index contributed by atoms with van der Waals surface area (Å²) in [5, 5.41) is 12.0. The van der Waals surface area contributed by atoms with Gasteiger partial charge in [-0.2, -0.15) is 0 Å². The van der Waals surface area contributed by atoms with Crippen LogP contribution in [0.5, 0.6) is 0 Å². The van der Waals surface area contributed by atoms with Crippen LogP contribution in [-0.4, -0.2) is 41.5 Å². The highest BCUT2D eigenvalue weighted by Gasteiger charge is 2.34. The number of benzene rings is 2. The Labute approximate surface area is 197 Å². The predicted octanol–water partition coefficient (Wildman–Crippen LogP) is 5.14. The number of thiocarbonyl (C=S) groups is 1. The minimum atomic E-state index is -0.457. The molecule has 7 nitrogen and oxygen atoms in total. The number of amides is 1. The molecule has 0 aromatic heterocycles. The van der Waals surface area contributed by atoms with Crippen molar-refractivity contribution in [1.29, 1.82) is 0 Å². The highest BCUT2D eigenvalue weighted by molar-refractivity contribution is 8.27. The number of hydrogen-bond acceptors (Lipinski definition) is 7. The van der Waals surface area contributed by atoms with Crippen LogP contribution in [-0.2, 0) is 9.53 Å².